The number of ether oxygens (including phenoxy) is 2. The second-order valence-corrected chi connectivity index (χ2v) is 10.3. The molecule has 1 aromatic heterocycles. The maximum atomic E-state index is 12.6. The molecule has 0 radical (unpaired) electrons. The van der Waals surface area contributed by atoms with Gasteiger partial charge in [-0.25, -0.2) is 8.42 Å². The Bertz CT molecular complexity index is 1090. The number of primary amides is 1. The summed E-state index contributed by atoms with van der Waals surface area (Å²) in [6.07, 6.45) is 2.65. The highest BCUT2D eigenvalue weighted by molar-refractivity contribution is 7.89. The number of hydrogen-bond donors (Lipinski definition) is 2. The fraction of sp³-hybridized carbons (Fsp3) is 0.400. The molecule has 166 valence electrons. The van der Waals surface area contributed by atoms with Gasteiger partial charge in [0.25, 0.3) is 11.8 Å². The van der Waals surface area contributed by atoms with E-state index in [2.05, 4.69) is 5.32 Å². The van der Waals surface area contributed by atoms with Gasteiger partial charge in [0, 0.05) is 18.0 Å². The van der Waals surface area contributed by atoms with Gasteiger partial charge in [0.15, 0.2) is 6.61 Å². The van der Waals surface area contributed by atoms with Crippen molar-refractivity contribution in [3.63, 3.8) is 0 Å². The molecule has 1 fully saturated rings. The predicted octanol–water partition coefficient (Wildman–Crippen LogP) is 1.37. The SMILES string of the molecule is NC(=O)c1c(NC(=O)COc2ccc(S(=O)(=O)N3CCOCC3)cc2)sc2c1CCC2. The maximum Gasteiger partial charge on any atom is 0.262 e. The number of fused-ring (bicyclic) bond motifs is 1. The van der Waals surface area contributed by atoms with Crippen molar-refractivity contribution < 1.29 is 27.5 Å². The third-order valence-corrected chi connectivity index (χ3v) is 8.34. The number of carbonyl (C=O) groups excluding carboxylic acids is 2. The number of sulfonamides is 1. The molecule has 1 saturated heterocycles. The van der Waals surface area contributed by atoms with Crippen molar-refractivity contribution in [2.24, 2.45) is 5.73 Å². The molecule has 3 N–H and O–H groups in total. The molecular weight excluding hydrogens is 442 g/mol. The summed E-state index contributed by atoms with van der Waals surface area (Å²) in [6, 6.07) is 5.92. The second-order valence-electron chi connectivity index (χ2n) is 7.25. The van der Waals surface area contributed by atoms with Crippen LogP contribution >= 0.6 is 11.3 Å². The van der Waals surface area contributed by atoms with E-state index in [0.717, 1.165) is 29.7 Å². The van der Waals surface area contributed by atoms with E-state index in [9.17, 15) is 18.0 Å². The Morgan fingerprint density at radius 2 is 1.87 bits per heavy atom. The topological polar surface area (TPSA) is 128 Å². The molecule has 1 aliphatic heterocycles. The fourth-order valence-electron chi connectivity index (χ4n) is 3.71. The molecule has 2 aromatic rings. The monoisotopic (exact) mass is 465 g/mol. The van der Waals surface area contributed by atoms with Crippen LogP contribution in [0.3, 0.4) is 0 Å². The zero-order chi connectivity index (χ0) is 22.0. The lowest BCUT2D eigenvalue weighted by Gasteiger charge is -2.26. The number of anilines is 1. The molecule has 0 spiro atoms. The van der Waals surface area contributed by atoms with Gasteiger partial charge in [-0.05, 0) is 49.1 Å². The molecule has 31 heavy (non-hydrogen) atoms. The van der Waals surface area contributed by atoms with E-state index in [-0.39, 0.29) is 11.5 Å². The number of benzene rings is 1. The quantitative estimate of drug-likeness (QED) is 0.636. The van der Waals surface area contributed by atoms with E-state index in [4.69, 9.17) is 15.2 Å². The van der Waals surface area contributed by atoms with Crippen molar-refractivity contribution in [1.29, 1.82) is 0 Å². The Kier molecular flexibility index (Phi) is 6.28. The van der Waals surface area contributed by atoms with Crippen LogP contribution in [0.1, 0.15) is 27.2 Å². The van der Waals surface area contributed by atoms with E-state index < -0.39 is 21.8 Å². The van der Waals surface area contributed by atoms with E-state index in [1.165, 1.54) is 39.9 Å². The largest absolute Gasteiger partial charge is 0.484 e. The van der Waals surface area contributed by atoms with Crippen molar-refractivity contribution in [2.75, 3.05) is 38.2 Å². The number of rotatable bonds is 7. The van der Waals surface area contributed by atoms with Crippen LogP contribution in [-0.2, 0) is 32.4 Å². The summed E-state index contributed by atoms with van der Waals surface area (Å²) in [5, 5.41) is 3.17. The summed E-state index contributed by atoms with van der Waals surface area (Å²) in [6.45, 7) is 1.11. The number of carbonyl (C=O) groups is 2. The first-order valence-electron chi connectivity index (χ1n) is 9.91. The van der Waals surface area contributed by atoms with Crippen LogP contribution in [-0.4, -0.2) is 57.4 Å². The lowest BCUT2D eigenvalue weighted by Crippen LogP contribution is -2.40. The highest BCUT2D eigenvalue weighted by Crippen LogP contribution is 2.38. The lowest BCUT2D eigenvalue weighted by molar-refractivity contribution is -0.118. The van der Waals surface area contributed by atoms with Gasteiger partial charge in [0.05, 0.1) is 23.7 Å². The molecule has 1 aromatic carbocycles. The number of aryl methyl sites for hydroxylation is 1. The summed E-state index contributed by atoms with van der Waals surface area (Å²) in [4.78, 5) is 25.4. The number of morpholine rings is 1. The summed E-state index contributed by atoms with van der Waals surface area (Å²) in [7, 11) is -3.59. The minimum Gasteiger partial charge on any atom is -0.484 e. The number of nitrogens with zero attached hydrogens (tertiary/aromatic N) is 1. The number of nitrogens with one attached hydrogen (secondary N) is 1. The third kappa shape index (κ3) is 4.59. The van der Waals surface area contributed by atoms with Crippen molar-refractivity contribution in [3.05, 3.63) is 40.3 Å². The van der Waals surface area contributed by atoms with Gasteiger partial charge < -0.3 is 20.5 Å². The lowest BCUT2D eigenvalue weighted by atomic mass is 10.1. The smallest absolute Gasteiger partial charge is 0.262 e. The zero-order valence-corrected chi connectivity index (χ0v) is 18.4. The van der Waals surface area contributed by atoms with E-state index in [0.29, 0.717) is 42.6 Å². The molecule has 0 unspecified atom stereocenters. The summed E-state index contributed by atoms with van der Waals surface area (Å²) < 4.78 is 37.3. The minimum absolute atomic E-state index is 0.158. The van der Waals surface area contributed by atoms with E-state index >= 15 is 0 Å². The first-order chi connectivity index (χ1) is 14.9. The Labute approximate surface area is 184 Å². The predicted molar refractivity (Wildman–Crippen MR) is 115 cm³/mol. The van der Waals surface area contributed by atoms with E-state index in [1.807, 2.05) is 0 Å². The molecule has 2 aliphatic rings. The molecule has 2 heterocycles. The van der Waals surface area contributed by atoms with Gasteiger partial charge >= 0.3 is 0 Å². The normalized spacial score (nSPS) is 16.6. The summed E-state index contributed by atoms with van der Waals surface area (Å²) in [5.41, 5.74) is 6.83. The molecule has 0 atom stereocenters. The van der Waals surface area contributed by atoms with Crippen molar-refractivity contribution >= 4 is 38.2 Å². The van der Waals surface area contributed by atoms with Crippen LogP contribution in [0, 0.1) is 0 Å². The molecule has 1 aliphatic carbocycles. The molecule has 2 amide bonds. The number of thiophene rings is 1. The van der Waals surface area contributed by atoms with Gasteiger partial charge in [-0.2, -0.15) is 4.31 Å². The van der Waals surface area contributed by atoms with Gasteiger partial charge in [-0.1, -0.05) is 0 Å². The fourth-order valence-corrected chi connectivity index (χ4v) is 6.43. The average molecular weight is 466 g/mol. The number of nitrogens with two attached hydrogens (primary N) is 1. The molecule has 0 bridgehead atoms. The van der Waals surface area contributed by atoms with Crippen molar-refractivity contribution in [1.82, 2.24) is 4.31 Å². The molecule has 11 heteroatoms. The van der Waals surface area contributed by atoms with E-state index in [1.54, 1.807) is 0 Å². The van der Waals surface area contributed by atoms with Crippen LogP contribution in [0.15, 0.2) is 29.2 Å². The molecule has 0 saturated carbocycles. The van der Waals surface area contributed by atoms with Crippen molar-refractivity contribution in [2.45, 2.75) is 24.2 Å². The van der Waals surface area contributed by atoms with Gasteiger partial charge in [-0.3, -0.25) is 9.59 Å². The van der Waals surface area contributed by atoms with Crippen LogP contribution < -0.4 is 15.8 Å². The highest BCUT2D eigenvalue weighted by atomic mass is 32.2. The third-order valence-electron chi connectivity index (χ3n) is 5.22. The van der Waals surface area contributed by atoms with Crippen LogP contribution in [0.2, 0.25) is 0 Å². The maximum absolute atomic E-state index is 12.6. The number of amides is 2. The molecular formula is C20H23N3O6S2. The second kappa shape index (κ2) is 8.95. The number of hydrogen-bond acceptors (Lipinski definition) is 7. The van der Waals surface area contributed by atoms with Crippen LogP contribution in [0.4, 0.5) is 5.00 Å². The van der Waals surface area contributed by atoms with Crippen LogP contribution in [0.5, 0.6) is 5.75 Å². The average Bonchev–Trinajstić information content (AvgIpc) is 3.33. The first-order valence-corrected chi connectivity index (χ1v) is 12.2. The Morgan fingerprint density at radius 3 is 2.55 bits per heavy atom. The van der Waals surface area contributed by atoms with Gasteiger partial charge in [0.2, 0.25) is 10.0 Å². The standard InChI is InChI=1S/C20H23N3O6S2/c21-19(25)18-15-2-1-3-16(15)30-20(18)22-17(24)12-29-13-4-6-14(7-5-13)31(26,27)23-8-10-28-11-9-23/h4-7H,1-3,8-12H2,(H2,21,25)(H,22,24). The molecule has 4 rings (SSSR count). The van der Waals surface area contributed by atoms with Crippen LogP contribution in [0.25, 0.3) is 0 Å². The molecule has 9 nitrogen and oxygen atoms in total. The summed E-state index contributed by atoms with van der Waals surface area (Å²) >= 11 is 1.38. The van der Waals surface area contributed by atoms with Crippen molar-refractivity contribution in [3.8, 4) is 5.75 Å². The highest BCUT2D eigenvalue weighted by Gasteiger charge is 2.27. The Morgan fingerprint density at radius 1 is 1.16 bits per heavy atom. The Hall–Kier alpha value is -2.47. The minimum atomic E-state index is -3.59. The summed E-state index contributed by atoms with van der Waals surface area (Å²) in [5.74, 6) is -0.611. The Balaban J connectivity index is 1.37. The first kappa shape index (κ1) is 21.8. The van der Waals surface area contributed by atoms with Gasteiger partial charge in [-0.15, -0.1) is 11.3 Å². The van der Waals surface area contributed by atoms with Gasteiger partial charge in [0.1, 0.15) is 10.8 Å². The zero-order valence-electron chi connectivity index (χ0n) is 16.8.